The molecule has 1 saturated heterocycles. The van der Waals surface area contributed by atoms with Gasteiger partial charge in [0.1, 0.15) is 5.58 Å². The second-order valence-electron chi connectivity index (χ2n) is 8.80. The molecule has 0 aliphatic carbocycles. The number of anilines is 1. The molecule has 4 aromatic rings. The summed E-state index contributed by atoms with van der Waals surface area (Å²) in [6, 6.07) is 15.0. The lowest BCUT2D eigenvalue weighted by Gasteiger charge is -2.36. The van der Waals surface area contributed by atoms with Crippen LogP contribution in [0.3, 0.4) is 0 Å². The topological polar surface area (TPSA) is 78.8 Å². The van der Waals surface area contributed by atoms with Crippen LogP contribution in [0.4, 0.5) is 5.69 Å². The number of aromatic nitrogens is 1. The van der Waals surface area contributed by atoms with Crippen molar-refractivity contribution in [2.24, 2.45) is 0 Å². The van der Waals surface area contributed by atoms with E-state index in [1.165, 1.54) is 12.7 Å². The smallest absolute Gasteiger partial charge is 0.338 e. The summed E-state index contributed by atoms with van der Waals surface area (Å²) in [7, 11) is 1.41. The summed E-state index contributed by atoms with van der Waals surface area (Å²) in [5.41, 5.74) is 4.17. The summed E-state index contributed by atoms with van der Waals surface area (Å²) in [5, 5.41) is 2.08. The van der Waals surface area contributed by atoms with Gasteiger partial charge in [-0.25, -0.2) is 9.59 Å². The lowest BCUT2D eigenvalue weighted by molar-refractivity contribution is 0.0601. The Bertz CT molecular complexity index is 1370. The van der Waals surface area contributed by atoms with Crippen LogP contribution in [0.25, 0.3) is 21.9 Å². The zero-order valence-electron chi connectivity index (χ0n) is 19.4. The van der Waals surface area contributed by atoms with Crippen molar-refractivity contribution in [2.75, 3.05) is 44.7 Å². The van der Waals surface area contributed by atoms with Gasteiger partial charge in [0.15, 0.2) is 0 Å². The van der Waals surface area contributed by atoms with Gasteiger partial charge in [-0.1, -0.05) is 12.1 Å². The number of unbranched alkanes of at least 4 members (excludes halogenated alkanes) is 1. The van der Waals surface area contributed by atoms with Gasteiger partial charge in [0.25, 0.3) is 0 Å². The summed E-state index contributed by atoms with van der Waals surface area (Å²) >= 11 is 0. The molecule has 1 aliphatic heterocycles. The van der Waals surface area contributed by atoms with Crippen LogP contribution in [0.15, 0.2) is 63.9 Å². The SMILES string of the molecule is COC(=O)c1ccc2[nH]cc(CCCCN3CCN(c4cc(=O)oc5ccccc45)CC3)c2c1. The Morgan fingerprint density at radius 1 is 1.03 bits per heavy atom. The standard InChI is InChI=1S/C27H29N3O4/c1-33-27(32)19-9-10-23-22(16-19)20(18-28-23)6-4-5-11-29-12-14-30(15-13-29)24-17-26(31)34-25-8-3-2-7-21(24)25/h2-3,7-10,16-18,28H,4-6,11-15H2,1H3. The van der Waals surface area contributed by atoms with E-state index < -0.39 is 0 Å². The largest absolute Gasteiger partial charge is 0.465 e. The number of methoxy groups -OCH3 is 1. The highest BCUT2D eigenvalue weighted by Crippen LogP contribution is 2.26. The normalized spacial score (nSPS) is 14.7. The van der Waals surface area contributed by atoms with E-state index in [0.29, 0.717) is 11.1 Å². The highest BCUT2D eigenvalue weighted by Gasteiger charge is 2.19. The van der Waals surface area contributed by atoms with E-state index >= 15 is 0 Å². The maximum atomic E-state index is 12.0. The molecule has 0 radical (unpaired) electrons. The number of benzene rings is 2. The van der Waals surface area contributed by atoms with Crippen LogP contribution in [-0.2, 0) is 11.2 Å². The fourth-order valence-corrected chi connectivity index (χ4v) is 4.85. The zero-order chi connectivity index (χ0) is 23.5. The average molecular weight is 460 g/mol. The predicted molar refractivity (Wildman–Crippen MR) is 134 cm³/mol. The molecule has 34 heavy (non-hydrogen) atoms. The lowest BCUT2D eigenvalue weighted by Crippen LogP contribution is -2.46. The molecule has 176 valence electrons. The number of aromatic amines is 1. The Morgan fingerprint density at radius 2 is 1.85 bits per heavy atom. The number of carbonyl (C=O) groups is 1. The second kappa shape index (κ2) is 9.73. The third-order valence-corrected chi connectivity index (χ3v) is 6.70. The van der Waals surface area contributed by atoms with Crippen LogP contribution in [0.5, 0.6) is 0 Å². The molecule has 2 aromatic carbocycles. The fraction of sp³-hybridized carbons (Fsp3) is 0.333. The van der Waals surface area contributed by atoms with Gasteiger partial charge in [0.2, 0.25) is 0 Å². The number of piperazine rings is 1. The van der Waals surface area contributed by atoms with E-state index in [1.54, 1.807) is 12.1 Å². The molecule has 1 aliphatic rings. The maximum absolute atomic E-state index is 12.0. The van der Waals surface area contributed by atoms with Gasteiger partial charge in [0, 0.05) is 54.7 Å². The number of para-hydroxylation sites is 1. The number of rotatable bonds is 7. The van der Waals surface area contributed by atoms with Crippen molar-refractivity contribution in [2.45, 2.75) is 19.3 Å². The first-order chi connectivity index (χ1) is 16.6. The van der Waals surface area contributed by atoms with Crippen molar-refractivity contribution >= 4 is 33.5 Å². The van der Waals surface area contributed by atoms with Gasteiger partial charge in [-0.2, -0.15) is 0 Å². The molecule has 7 heteroatoms. The Kier molecular flexibility index (Phi) is 6.36. The number of fused-ring (bicyclic) bond motifs is 2. The number of carbonyl (C=O) groups excluding carboxylic acids is 1. The van der Waals surface area contributed by atoms with Gasteiger partial charge in [0.05, 0.1) is 18.4 Å². The number of aryl methyl sites for hydroxylation is 1. The zero-order valence-corrected chi connectivity index (χ0v) is 19.4. The first kappa shape index (κ1) is 22.2. The second-order valence-corrected chi connectivity index (χ2v) is 8.80. The Balaban J connectivity index is 1.14. The van der Waals surface area contributed by atoms with Crippen molar-refractivity contribution in [3.63, 3.8) is 0 Å². The molecule has 7 nitrogen and oxygen atoms in total. The molecule has 0 saturated carbocycles. The van der Waals surface area contributed by atoms with Gasteiger partial charge >= 0.3 is 11.6 Å². The minimum atomic E-state index is -0.308. The molecule has 1 N–H and O–H groups in total. The first-order valence-corrected chi connectivity index (χ1v) is 11.8. The van der Waals surface area contributed by atoms with Gasteiger partial charge in [-0.3, -0.25) is 4.90 Å². The quantitative estimate of drug-likeness (QED) is 0.253. The number of nitrogens with zero attached hydrogens (tertiary/aromatic N) is 2. The molecule has 0 spiro atoms. The molecule has 0 amide bonds. The monoisotopic (exact) mass is 459 g/mol. The summed E-state index contributed by atoms with van der Waals surface area (Å²) in [4.78, 5) is 32.0. The Hall–Kier alpha value is -3.58. The van der Waals surface area contributed by atoms with Crippen LogP contribution in [-0.4, -0.2) is 55.7 Å². The number of hydrogen-bond acceptors (Lipinski definition) is 6. The molecule has 5 rings (SSSR count). The van der Waals surface area contributed by atoms with Gasteiger partial charge in [-0.05, 0) is 61.7 Å². The number of esters is 1. The third-order valence-electron chi connectivity index (χ3n) is 6.70. The molecule has 2 aromatic heterocycles. The summed E-state index contributed by atoms with van der Waals surface area (Å²) < 4.78 is 10.2. The fourth-order valence-electron chi connectivity index (χ4n) is 4.85. The van der Waals surface area contributed by atoms with E-state index in [9.17, 15) is 9.59 Å². The molecule has 1 fully saturated rings. The summed E-state index contributed by atoms with van der Waals surface area (Å²) in [6.07, 6.45) is 5.21. The molecular weight excluding hydrogens is 430 g/mol. The molecule has 0 unspecified atom stereocenters. The average Bonchev–Trinajstić information content (AvgIpc) is 3.28. The molecule has 0 atom stereocenters. The van der Waals surface area contributed by atoms with Gasteiger partial charge < -0.3 is 19.0 Å². The number of hydrogen-bond donors (Lipinski definition) is 1. The van der Waals surface area contributed by atoms with E-state index in [4.69, 9.17) is 9.15 Å². The third kappa shape index (κ3) is 4.56. The van der Waals surface area contributed by atoms with Crippen LogP contribution in [0.1, 0.15) is 28.8 Å². The molecule has 3 heterocycles. The van der Waals surface area contributed by atoms with Gasteiger partial charge in [-0.15, -0.1) is 0 Å². The summed E-state index contributed by atoms with van der Waals surface area (Å²) in [5.74, 6) is -0.308. The number of nitrogens with one attached hydrogen (secondary N) is 1. The van der Waals surface area contributed by atoms with Crippen LogP contribution in [0, 0.1) is 0 Å². The number of ether oxygens (including phenoxy) is 1. The Labute approximate surface area is 197 Å². The first-order valence-electron chi connectivity index (χ1n) is 11.8. The van der Waals surface area contributed by atoms with E-state index in [2.05, 4.69) is 14.8 Å². The highest BCUT2D eigenvalue weighted by atomic mass is 16.5. The van der Waals surface area contributed by atoms with E-state index in [0.717, 1.165) is 74.0 Å². The van der Waals surface area contributed by atoms with Crippen molar-refractivity contribution in [3.8, 4) is 0 Å². The van der Waals surface area contributed by atoms with Crippen molar-refractivity contribution in [1.82, 2.24) is 9.88 Å². The molecule has 0 bridgehead atoms. The van der Waals surface area contributed by atoms with E-state index in [-0.39, 0.29) is 11.6 Å². The van der Waals surface area contributed by atoms with E-state index in [1.807, 2.05) is 42.6 Å². The van der Waals surface area contributed by atoms with Crippen molar-refractivity contribution in [3.05, 3.63) is 76.3 Å². The van der Waals surface area contributed by atoms with Crippen LogP contribution >= 0.6 is 0 Å². The molecular formula is C27H29N3O4. The van der Waals surface area contributed by atoms with Crippen molar-refractivity contribution < 1.29 is 13.9 Å². The van der Waals surface area contributed by atoms with Crippen LogP contribution in [0.2, 0.25) is 0 Å². The predicted octanol–water partition coefficient (Wildman–Crippen LogP) is 4.21. The lowest BCUT2D eigenvalue weighted by atomic mass is 10.0. The maximum Gasteiger partial charge on any atom is 0.338 e. The van der Waals surface area contributed by atoms with Crippen molar-refractivity contribution in [1.29, 1.82) is 0 Å². The minimum Gasteiger partial charge on any atom is -0.465 e. The minimum absolute atomic E-state index is 0.299. The van der Waals surface area contributed by atoms with Crippen LogP contribution < -0.4 is 10.5 Å². The number of H-pyrrole nitrogens is 1. The highest BCUT2D eigenvalue weighted by molar-refractivity contribution is 5.95. The Morgan fingerprint density at radius 3 is 2.68 bits per heavy atom. The summed E-state index contributed by atoms with van der Waals surface area (Å²) in [6.45, 7) is 4.80.